The van der Waals surface area contributed by atoms with Gasteiger partial charge in [-0.15, -0.1) is 0 Å². The van der Waals surface area contributed by atoms with Crippen molar-refractivity contribution in [1.82, 2.24) is 15.2 Å². The van der Waals surface area contributed by atoms with Gasteiger partial charge in [0.15, 0.2) is 11.7 Å². The number of hydrogen-bond acceptors (Lipinski definition) is 5. The van der Waals surface area contributed by atoms with E-state index in [1.165, 1.54) is 17.0 Å². The van der Waals surface area contributed by atoms with E-state index in [2.05, 4.69) is 15.6 Å². The van der Waals surface area contributed by atoms with Crippen LogP contribution in [0.3, 0.4) is 0 Å². The van der Waals surface area contributed by atoms with Gasteiger partial charge in [0.1, 0.15) is 0 Å². The molecule has 1 amide bonds. The van der Waals surface area contributed by atoms with Gasteiger partial charge < -0.3 is 15.4 Å². The van der Waals surface area contributed by atoms with Crippen LogP contribution in [-0.4, -0.2) is 41.0 Å². The van der Waals surface area contributed by atoms with Gasteiger partial charge in [0.25, 0.3) is 0 Å². The Bertz CT molecular complexity index is 1050. The lowest BCUT2D eigenvalue weighted by Gasteiger charge is -2.45. The summed E-state index contributed by atoms with van der Waals surface area (Å²) < 4.78 is 45.4. The highest BCUT2D eigenvalue weighted by Gasteiger charge is 2.43. The molecule has 3 N–H and O–H groups in total. The fraction of sp³-hybridized carbons (Fsp3) is 0.409. The zero-order valence-corrected chi connectivity index (χ0v) is 18.6. The first kappa shape index (κ1) is 23.3. The van der Waals surface area contributed by atoms with Crippen LogP contribution in [0.15, 0.2) is 36.5 Å². The molecule has 33 heavy (non-hydrogen) atoms. The van der Waals surface area contributed by atoms with Crippen LogP contribution < -0.4 is 10.6 Å². The molecule has 0 aliphatic carbocycles. The maximum atomic E-state index is 13.3. The molecule has 0 bridgehead atoms. The van der Waals surface area contributed by atoms with E-state index in [0.717, 1.165) is 6.20 Å². The summed E-state index contributed by atoms with van der Waals surface area (Å²) in [5.41, 5.74) is -1.57. The van der Waals surface area contributed by atoms with Gasteiger partial charge >= 0.3 is 6.18 Å². The molecule has 1 aromatic carbocycles. The zero-order valence-electron chi connectivity index (χ0n) is 17.8. The Morgan fingerprint density at radius 2 is 1.94 bits per heavy atom. The lowest BCUT2D eigenvalue weighted by molar-refractivity contribution is -0.140. The number of benzene rings is 1. The van der Waals surface area contributed by atoms with Crippen LogP contribution >= 0.6 is 11.6 Å². The Morgan fingerprint density at radius 3 is 2.61 bits per heavy atom. The van der Waals surface area contributed by atoms with E-state index < -0.39 is 17.4 Å². The monoisotopic (exact) mass is 481 g/mol. The molecule has 1 aromatic heterocycles. The molecule has 3 heterocycles. The molecule has 0 radical (unpaired) electrons. The average Bonchev–Trinajstić information content (AvgIpc) is 2.75. The summed E-state index contributed by atoms with van der Waals surface area (Å²) in [5.74, 6) is -0.240. The number of alkyl halides is 3. The van der Waals surface area contributed by atoms with Crippen molar-refractivity contribution >= 4 is 34.8 Å². The number of amides is 1. The van der Waals surface area contributed by atoms with Gasteiger partial charge in [0.2, 0.25) is 5.91 Å². The number of anilines is 2. The quantitative estimate of drug-likeness (QED) is 0.591. The molecule has 2 aliphatic heterocycles. The Balaban J connectivity index is 1.62. The third-order valence-electron chi connectivity index (χ3n) is 5.90. The van der Waals surface area contributed by atoms with Gasteiger partial charge in [0.05, 0.1) is 28.4 Å². The fourth-order valence-electron chi connectivity index (χ4n) is 4.30. The number of nitrogens with zero attached hydrogens (tertiary/aromatic N) is 2. The largest absolute Gasteiger partial charge is 0.435 e. The van der Waals surface area contributed by atoms with Crippen LogP contribution in [0.1, 0.15) is 37.4 Å². The van der Waals surface area contributed by atoms with Gasteiger partial charge in [-0.3, -0.25) is 15.1 Å². The Labute approximate surface area is 193 Å². The number of carbonyl (C=O) groups excluding carboxylic acids is 1. The second-order valence-corrected chi connectivity index (χ2v) is 8.66. The maximum Gasteiger partial charge on any atom is 0.435 e. The maximum absolute atomic E-state index is 13.3. The molecule has 0 saturated carbocycles. The van der Waals surface area contributed by atoms with E-state index in [1.54, 1.807) is 25.1 Å². The molecule has 176 valence electrons. The van der Waals surface area contributed by atoms with Crippen LogP contribution in [-0.2, 0) is 21.2 Å². The summed E-state index contributed by atoms with van der Waals surface area (Å²) in [6, 6.07) is 7.44. The molecule has 7 nitrogen and oxygen atoms in total. The van der Waals surface area contributed by atoms with E-state index in [0.29, 0.717) is 31.6 Å². The standard InChI is InChI=1S/C22H23ClF3N5O2/c1-21(12-17(32)31(20(27)30-21)13-7-10-33-11-8-13)14-4-2-5-15(18(14)23)29-16-6-3-9-28-19(16)22(24,25)26/h2-6,9,13,29H,7-8,10-12H2,1H3,(H2,27,30)/t21-/m0/s1. The van der Waals surface area contributed by atoms with Crippen LogP contribution in [0.5, 0.6) is 0 Å². The van der Waals surface area contributed by atoms with Crippen molar-refractivity contribution in [1.29, 1.82) is 5.41 Å². The first-order chi connectivity index (χ1) is 15.6. The van der Waals surface area contributed by atoms with Gasteiger partial charge in [-0.1, -0.05) is 23.7 Å². The summed E-state index contributed by atoms with van der Waals surface area (Å²) in [4.78, 5) is 18.0. The molecule has 0 unspecified atom stereocenters. The average molecular weight is 482 g/mol. The molecule has 1 atom stereocenters. The third kappa shape index (κ3) is 4.63. The summed E-state index contributed by atoms with van der Waals surface area (Å²) in [5, 5.41) is 14.5. The number of hydrogen-bond donors (Lipinski definition) is 3. The topological polar surface area (TPSA) is 90.3 Å². The third-order valence-corrected chi connectivity index (χ3v) is 6.31. The second-order valence-electron chi connectivity index (χ2n) is 8.28. The van der Waals surface area contributed by atoms with E-state index in [-0.39, 0.29) is 40.7 Å². The number of nitrogens with one attached hydrogen (secondary N) is 3. The Hall–Kier alpha value is -2.85. The van der Waals surface area contributed by atoms with Crippen molar-refractivity contribution in [2.24, 2.45) is 0 Å². The molecule has 2 saturated heterocycles. The number of guanidine groups is 1. The van der Waals surface area contributed by atoms with E-state index in [1.807, 2.05) is 0 Å². The number of carbonyl (C=O) groups is 1. The summed E-state index contributed by atoms with van der Waals surface area (Å²) in [7, 11) is 0. The SMILES string of the molecule is C[C@@]1(c2cccc(Nc3cccnc3C(F)(F)F)c2Cl)CC(=O)N(C2CCOCC2)C(=N)N1. The highest BCUT2D eigenvalue weighted by molar-refractivity contribution is 6.34. The smallest absolute Gasteiger partial charge is 0.381 e. The van der Waals surface area contributed by atoms with Crippen molar-refractivity contribution in [3.8, 4) is 0 Å². The first-order valence-electron chi connectivity index (χ1n) is 10.4. The number of ether oxygens (including phenoxy) is 1. The van der Waals surface area contributed by atoms with Crippen LogP contribution in [0, 0.1) is 5.41 Å². The number of rotatable bonds is 4. The van der Waals surface area contributed by atoms with Crippen molar-refractivity contribution in [3.05, 3.63) is 52.8 Å². The zero-order chi connectivity index (χ0) is 23.8. The highest BCUT2D eigenvalue weighted by atomic mass is 35.5. The Morgan fingerprint density at radius 1 is 1.24 bits per heavy atom. The molecule has 2 fully saturated rings. The van der Waals surface area contributed by atoms with Gasteiger partial charge in [-0.25, -0.2) is 4.98 Å². The first-order valence-corrected chi connectivity index (χ1v) is 10.8. The highest BCUT2D eigenvalue weighted by Crippen LogP contribution is 2.40. The summed E-state index contributed by atoms with van der Waals surface area (Å²) in [6.45, 7) is 2.82. The molecule has 4 rings (SSSR count). The van der Waals surface area contributed by atoms with Crippen LogP contribution in [0.4, 0.5) is 24.5 Å². The molecular weight excluding hydrogens is 459 g/mol. The minimum absolute atomic E-state index is 0.0262. The molecule has 0 spiro atoms. The van der Waals surface area contributed by atoms with Crippen molar-refractivity contribution in [3.63, 3.8) is 0 Å². The molecular formula is C22H23ClF3N5O2. The molecule has 11 heteroatoms. The number of pyridine rings is 1. The molecule has 2 aliphatic rings. The summed E-state index contributed by atoms with van der Waals surface area (Å²) >= 11 is 6.61. The van der Waals surface area contributed by atoms with Crippen LogP contribution in [0.25, 0.3) is 0 Å². The van der Waals surface area contributed by atoms with Crippen LogP contribution in [0.2, 0.25) is 5.02 Å². The number of aromatic nitrogens is 1. The van der Waals surface area contributed by atoms with Gasteiger partial charge in [-0.05, 0) is 43.5 Å². The minimum Gasteiger partial charge on any atom is -0.381 e. The van der Waals surface area contributed by atoms with E-state index in [9.17, 15) is 18.0 Å². The Kier molecular flexibility index (Phi) is 6.24. The van der Waals surface area contributed by atoms with Gasteiger partial charge in [-0.2, -0.15) is 13.2 Å². The summed E-state index contributed by atoms with van der Waals surface area (Å²) in [6.07, 6.45) is -2.23. The number of halogens is 4. The van der Waals surface area contributed by atoms with Crippen molar-refractivity contribution < 1.29 is 22.7 Å². The second kappa shape index (κ2) is 8.83. The molecule has 2 aromatic rings. The predicted molar refractivity (Wildman–Crippen MR) is 117 cm³/mol. The van der Waals surface area contributed by atoms with Crippen molar-refractivity contribution in [2.75, 3.05) is 18.5 Å². The lowest BCUT2D eigenvalue weighted by atomic mass is 9.85. The van der Waals surface area contributed by atoms with Gasteiger partial charge in [0, 0.05) is 25.5 Å². The van der Waals surface area contributed by atoms with Crippen molar-refractivity contribution in [2.45, 2.75) is 43.9 Å². The van der Waals surface area contributed by atoms with E-state index in [4.69, 9.17) is 21.7 Å². The fourth-order valence-corrected chi connectivity index (χ4v) is 4.68. The minimum atomic E-state index is -4.64. The predicted octanol–water partition coefficient (Wildman–Crippen LogP) is 4.65. The lowest BCUT2D eigenvalue weighted by Crippen LogP contribution is -2.62. The normalized spacial score (nSPS) is 22.3. The van der Waals surface area contributed by atoms with E-state index >= 15 is 0 Å².